The van der Waals surface area contributed by atoms with E-state index in [4.69, 9.17) is 12.1 Å². The molecule has 0 radical (unpaired) electrons. The Morgan fingerprint density at radius 1 is 0.629 bits per heavy atom. The zero-order chi connectivity index (χ0) is 25.8. The Balaban J connectivity index is 1.53. The quantitative estimate of drug-likeness (QED) is 0.277. The maximum atomic E-state index is 9.16. The van der Waals surface area contributed by atoms with Crippen molar-refractivity contribution in [1.29, 1.82) is 0 Å². The van der Waals surface area contributed by atoms with E-state index in [0.29, 0.717) is 0 Å². The van der Waals surface area contributed by atoms with Crippen LogP contribution in [0.1, 0.15) is 63.8 Å². The maximum Gasteiger partial charge on any atom is 0.494 e. The molecule has 172 valence electrons. The highest BCUT2D eigenvalue weighted by Crippen LogP contribution is 2.59. The van der Waals surface area contributed by atoms with Gasteiger partial charge in [0, 0.05) is 2.74 Å². The van der Waals surface area contributed by atoms with Crippen LogP contribution in [0.4, 0.5) is 0 Å². The second-order valence-corrected chi connectivity index (χ2v) is 10.9. The average molecular weight is 458 g/mol. The minimum Gasteiger partial charge on any atom is -0.399 e. The fourth-order valence-electron chi connectivity index (χ4n) is 6.14. The van der Waals surface area contributed by atoms with E-state index in [1.165, 1.54) is 16.7 Å². The first-order valence-corrected chi connectivity index (χ1v) is 12.4. The van der Waals surface area contributed by atoms with Crippen LogP contribution in [0.3, 0.4) is 0 Å². The van der Waals surface area contributed by atoms with Gasteiger partial charge in [0.25, 0.3) is 0 Å². The molecule has 2 nitrogen and oxygen atoms in total. The molecule has 0 amide bonds. The summed E-state index contributed by atoms with van der Waals surface area (Å²) in [6, 6.07) is 31.2. The lowest BCUT2D eigenvalue weighted by Gasteiger charge is -2.40. The molecule has 3 aliphatic rings. The van der Waals surface area contributed by atoms with Gasteiger partial charge in [-0.1, -0.05) is 91.0 Å². The molecule has 0 bridgehead atoms. The molecule has 3 heteroatoms. The highest BCUT2D eigenvalue weighted by molar-refractivity contribution is 6.62. The number of fused-ring (bicyclic) bond motifs is 9. The molecule has 0 N–H and O–H groups in total. The largest absolute Gasteiger partial charge is 0.494 e. The van der Waals surface area contributed by atoms with Gasteiger partial charge in [-0.2, -0.15) is 0 Å². The van der Waals surface area contributed by atoms with Crippen LogP contribution in [0, 0.1) is 0 Å². The Hall–Kier alpha value is -3.14. The topological polar surface area (TPSA) is 18.5 Å². The smallest absolute Gasteiger partial charge is 0.399 e. The highest BCUT2D eigenvalue weighted by Gasteiger charge is 2.53. The summed E-state index contributed by atoms with van der Waals surface area (Å²) in [5.41, 5.74) is 7.72. The van der Waals surface area contributed by atoms with Gasteiger partial charge in [0.15, 0.2) is 0 Å². The highest BCUT2D eigenvalue weighted by atomic mass is 16.7. The van der Waals surface area contributed by atoms with Crippen molar-refractivity contribution in [2.24, 2.45) is 0 Å². The third kappa shape index (κ3) is 2.69. The SMILES string of the molecule is [2H]C1([2H])c2ccccc2C2(c3ccccc3-c3cc(B4OC(C)(C)C(C)(C)O4)ccc32)c2ccccc21. The van der Waals surface area contributed by atoms with Gasteiger partial charge in [0.1, 0.15) is 0 Å². The Morgan fingerprint density at radius 3 is 1.77 bits per heavy atom. The molecular weight excluding hydrogens is 427 g/mol. The first-order valence-electron chi connectivity index (χ1n) is 13.4. The third-order valence-electron chi connectivity index (χ3n) is 8.53. The molecule has 0 aromatic heterocycles. The predicted octanol–water partition coefficient (Wildman–Crippen LogP) is 6.25. The zero-order valence-corrected chi connectivity index (χ0v) is 20.6. The first-order chi connectivity index (χ1) is 17.6. The van der Waals surface area contributed by atoms with E-state index >= 15 is 0 Å². The summed E-state index contributed by atoms with van der Waals surface area (Å²) in [6.07, 6.45) is -1.58. The molecule has 0 saturated carbocycles. The maximum absolute atomic E-state index is 9.16. The molecule has 0 atom stereocenters. The summed E-state index contributed by atoms with van der Waals surface area (Å²) < 4.78 is 31.1. The Morgan fingerprint density at radius 2 is 1.14 bits per heavy atom. The molecular formula is C32H29BO2. The zero-order valence-electron chi connectivity index (χ0n) is 22.6. The van der Waals surface area contributed by atoms with E-state index < -0.39 is 30.1 Å². The minimum atomic E-state index is -1.58. The fourth-order valence-corrected chi connectivity index (χ4v) is 6.14. The van der Waals surface area contributed by atoms with E-state index in [2.05, 4.69) is 82.3 Å². The van der Waals surface area contributed by atoms with E-state index in [9.17, 15) is 0 Å². The van der Waals surface area contributed by atoms with Crippen LogP contribution in [0.15, 0.2) is 91.0 Å². The van der Waals surface area contributed by atoms with Gasteiger partial charge in [-0.05, 0) is 84.0 Å². The van der Waals surface area contributed by atoms with Crippen molar-refractivity contribution >= 4 is 12.6 Å². The van der Waals surface area contributed by atoms with Crippen molar-refractivity contribution in [2.75, 3.05) is 0 Å². The monoisotopic (exact) mass is 458 g/mol. The summed E-state index contributed by atoms with van der Waals surface area (Å²) in [4.78, 5) is 0. The van der Waals surface area contributed by atoms with Crippen molar-refractivity contribution in [3.63, 3.8) is 0 Å². The van der Waals surface area contributed by atoms with E-state index in [-0.39, 0.29) is 0 Å². The van der Waals surface area contributed by atoms with E-state index in [1.54, 1.807) is 0 Å². The van der Waals surface area contributed by atoms with Gasteiger partial charge in [0.2, 0.25) is 0 Å². The number of rotatable bonds is 1. The molecule has 2 aliphatic carbocycles. The van der Waals surface area contributed by atoms with Gasteiger partial charge in [-0.15, -0.1) is 0 Å². The number of hydrogen-bond acceptors (Lipinski definition) is 2. The van der Waals surface area contributed by atoms with Gasteiger partial charge in [-0.3, -0.25) is 0 Å². The molecule has 1 fully saturated rings. The van der Waals surface area contributed by atoms with Crippen LogP contribution in [0.5, 0.6) is 0 Å². The molecule has 1 heterocycles. The first kappa shape index (κ1) is 19.1. The van der Waals surface area contributed by atoms with Gasteiger partial charge in [-0.25, -0.2) is 0 Å². The second kappa shape index (κ2) is 6.97. The summed E-state index contributed by atoms with van der Waals surface area (Å²) in [6.45, 7) is 8.31. The van der Waals surface area contributed by atoms with Gasteiger partial charge >= 0.3 is 7.12 Å². The van der Waals surface area contributed by atoms with Crippen LogP contribution in [0.2, 0.25) is 0 Å². The van der Waals surface area contributed by atoms with E-state index in [1.807, 2.05) is 36.4 Å². The molecule has 1 aliphatic heterocycles. The standard InChI is InChI=1S/C32H29BO2/c1-30(2)31(3,4)35-33(34-30)23-17-18-29-25(20-23)24-13-7-10-16-28(24)32(29)26-14-8-5-11-21(26)19-22-12-6-9-15-27(22)32/h5-18,20H,19H2,1-4H3/i19D2. The van der Waals surface area contributed by atoms with Crippen LogP contribution in [-0.4, -0.2) is 18.3 Å². The van der Waals surface area contributed by atoms with Crippen molar-refractivity contribution < 1.29 is 12.1 Å². The lowest BCUT2D eigenvalue weighted by Crippen LogP contribution is -2.41. The van der Waals surface area contributed by atoms with Crippen LogP contribution < -0.4 is 5.46 Å². The normalized spacial score (nSPS) is 22.0. The van der Waals surface area contributed by atoms with Gasteiger partial charge < -0.3 is 9.31 Å². The Labute approximate surface area is 210 Å². The van der Waals surface area contributed by atoms with Crippen molar-refractivity contribution in [3.8, 4) is 11.1 Å². The molecule has 4 aromatic carbocycles. The second-order valence-electron chi connectivity index (χ2n) is 10.9. The van der Waals surface area contributed by atoms with E-state index in [0.717, 1.165) is 33.3 Å². The molecule has 0 unspecified atom stereocenters. The van der Waals surface area contributed by atoms with Crippen LogP contribution in [0.25, 0.3) is 11.1 Å². The number of benzene rings is 4. The van der Waals surface area contributed by atoms with Crippen molar-refractivity contribution in [2.45, 2.75) is 50.7 Å². The molecule has 4 aromatic rings. The van der Waals surface area contributed by atoms with Crippen LogP contribution >= 0.6 is 0 Å². The minimum absolute atomic E-state index is 0.414. The third-order valence-corrected chi connectivity index (χ3v) is 8.53. The lowest BCUT2D eigenvalue weighted by atomic mass is 9.61. The molecule has 1 spiro atoms. The summed E-state index contributed by atoms with van der Waals surface area (Å²) >= 11 is 0. The molecule has 1 saturated heterocycles. The predicted molar refractivity (Wildman–Crippen MR) is 142 cm³/mol. The van der Waals surface area contributed by atoms with Crippen molar-refractivity contribution in [1.82, 2.24) is 0 Å². The van der Waals surface area contributed by atoms with Crippen molar-refractivity contribution in [3.05, 3.63) is 124 Å². The average Bonchev–Trinajstić information content (AvgIpc) is 3.30. The summed E-state index contributed by atoms with van der Waals surface area (Å²) in [5, 5.41) is 0. The fraction of sp³-hybridized carbons (Fsp3) is 0.250. The lowest BCUT2D eigenvalue weighted by molar-refractivity contribution is 0.00578. The Bertz CT molecular complexity index is 1520. The van der Waals surface area contributed by atoms with Gasteiger partial charge in [0.05, 0.1) is 16.6 Å². The Kier molecular flexibility index (Phi) is 3.80. The van der Waals surface area contributed by atoms with Crippen LogP contribution in [-0.2, 0) is 21.1 Å². The summed E-state index contributed by atoms with van der Waals surface area (Å²) in [7, 11) is -0.445. The molecule has 7 rings (SSSR count). The summed E-state index contributed by atoms with van der Waals surface area (Å²) in [5.74, 6) is 0. The molecule has 35 heavy (non-hydrogen) atoms. The number of hydrogen-bond donors (Lipinski definition) is 0.